The summed E-state index contributed by atoms with van der Waals surface area (Å²) in [6.45, 7) is 3.30. The molecule has 35 heavy (non-hydrogen) atoms. The standard InChI is InChI=1S/C26H22F7NO/c1-14-9-21-22(34-13-14)7-8-23(24(21)16-3-5-20(27)6-4-16)35-15(2)17-10-18(25(28,29)30)12-19(11-17)26(31,32)33/h3-6,9-13,15,23-24H,7-8H2,1-2H3/t15-,23+,24+/m1/s1. The first-order valence-electron chi connectivity index (χ1n) is 11.0. The number of aryl methyl sites for hydroxylation is 2. The molecule has 2 nitrogen and oxygen atoms in total. The maximum absolute atomic E-state index is 13.6. The third kappa shape index (κ3) is 5.50. The highest BCUT2D eigenvalue weighted by molar-refractivity contribution is 5.41. The van der Waals surface area contributed by atoms with Gasteiger partial charge in [0.15, 0.2) is 0 Å². The van der Waals surface area contributed by atoms with Crippen LogP contribution in [-0.4, -0.2) is 11.1 Å². The van der Waals surface area contributed by atoms with Crippen molar-refractivity contribution < 1.29 is 35.5 Å². The van der Waals surface area contributed by atoms with Crippen LogP contribution in [0.15, 0.2) is 54.7 Å². The lowest BCUT2D eigenvalue weighted by Gasteiger charge is -2.35. The van der Waals surface area contributed by atoms with Crippen LogP contribution in [0.4, 0.5) is 30.7 Å². The van der Waals surface area contributed by atoms with Crippen LogP contribution in [-0.2, 0) is 23.5 Å². The Morgan fingerprint density at radius 3 is 2.09 bits per heavy atom. The van der Waals surface area contributed by atoms with Gasteiger partial charge in [0.25, 0.3) is 0 Å². The van der Waals surface area contributed by atoms with E-state index in [2.05, 4.69) is 4.98 Å². The van der Waals surface area contributed by atoms with Crippen molar-refractivity contribution >= 4 is 0 Å². The zero-order chi connectivity index (χ0) is 25.5. The van der Waals surface area contributed by atoms with Gasteiger partial charge in [-0.05, 0) is 79.3 Å². The van der Waals surface area contributed by atoms with Crippen molar-refractivity contribution in [3.63, 3.8) is 0 Å². The van der Waals surface area contributed by atoms with Gasteiger partial charge in [0.05, 0.1) is 23.3 Å². The number of benzene rings is 2. The van der Waals surface area contributed by atoms with Crippen molar-refractivity contribution in [2.45, 2.75) is 57.2 Å². The van der Waals surface area contributed by atoms with E-state index in [1.807, 2.05) is 13.0 Å². The molecule has 4 rings (SSSR count). The number of aromatic nitrogens is 1. The molecule has 0 fully saturated rings. The van der Waals surface area contributed by atoms with E-state index in [9.17, 15) is 30.7 Å². The van der Waals surface area contributed by atoms with E-state index in [0.717, 1.165) is 22.4 Å². The van der Waals surface area contributed by atoms with Crippen molar-refractivity contribution in [2.75, 3.05) is 0 Å². The fourth-order valence-electron chi connectivity index (χ4n) is 4.51. The van der Waals surface area contributed by atoms with Gasteiger partial charge in [0, 0.05) is 17.8 Å². The fourth-order valence-corrected chi connectivity index (χ4v) is 4.51. The van der Waals surface area contributed by atoms with Crippen LogP contribution in [0, 0.1) is 12.7 Å². The van der Waals surface area contributed by atoms with E-state index < -0.39 is 47.4 Å². The highest BCUT2D eigenvalue weighted by atomic mass is 19.4. The third-order valence-electron chi connectivity index (χ3n) is 6.20. The molecule has 1 aliphatic rings. The van der Waals surface area contributed by atoms with Gasteiger partial charge in [-0.1, -0.05) is 18.2 Å². The van der Waals surface area contributed by atoms with Gasteiger partial charge in [-0.2, -0.15) is 26.3 Å². The number of nitrogens with zero attached hydrogens (tertiary/aromatic N) is 1. The number of pyridine rings is 1. The maximum Gasteiger partial charge on any atom is 0.416 e. The van der Waals surface area contributed by atoms with Gasteiger partial charge >= 0.3 is 12.4 Å². The van der Waals surface area contributed by atoms with Gasteiger partial charge < -0.3 is 4.74 Å². The average Bonchev–Trinajstić information content (AvgIpc) is 2.78. The molecule has 0 spiro atoms. The van der Waals surface area contributed by atoms with Gasteiger partial charge in [-0.15, -0.1) is 0 Å². The summed E-state index contributed by atoms with van der Waals surface area (Å²) in [5.74, 6) is -0.844. The summed E-state index contributed by atoms with van der Waals surface area (Å²) in [7, 11) is 0. The number of fused-ring (bicyclic) bond motifs is 1. The van der Waals surface area contributed by atoms with E-state index >= 15 is 0 Å². The summed E-state index contributed by atoms with van der Waals surface area (Å²) >= 11 is 0. The number of rotatable bonds is 4. The van der Waals surface area contributed by atoms with Gasteiger partial charge in [0.2, 0.25) is 0 Å². The van der Waals surface area contributed by atoms with E-state index in [0.29, 0.717) is 25.0 Å². The number of ether oxygens (including phenoxy) is 1. The van der Waals surface area contributed by atoms with Gasteiger partial charge in [0.1, 0.15) is 5.82 Å². The Kier molecular flexibility index (Phi) is 6.66. The minimum absolute atomic E-state index is 0.100. The molecular weight excluding hydrogens is 475 g/mol. The molecule has 1 aromatic heterocycles. The molecule has 186 valence electrons. The molecule has 1 aliphatic carbocycles. The van der Waals surface area contributed by atoms with Crippen LogP contribution in [0.1, 0.15) is 64.4 Å². The summed E-state index contributed by atoms with van der Waals surface area (Å²) in [4.78, 5) is 4.48. The largest absolute Gasteiger partial charge is 0.416 e. The SMILES string of the molecule is Cc1cnc2c(c1)[C@H](c1ccc(F)cc1)[C@@H](O[C@H](C)c1cc(C(F)(F)F)cc(C(F)(F)F)c1)CC2. The van der Waals surface area contributed by atoms with Crippen LogP contribution >= 0.6 is 0 Å². The Morgan fingerprint density at radius 2 is 1.51 bits per heavy atom. The minimum Gasteiger partial charge on any atom is -0.370 e. The van der Waals surface area contributed by atoms with Crippen LogP contribution in [0.25, 0.3) is 0 Å². The highest BCUT2D eigenvalue weighted by Crippen LogP contribution is 2.42. The Labute approximate surface area is 197 Å². The Balaban J connectivity index is 1.72. The van der Waals surface area contributed by atoms with Crippen LogP contribution in [0.3, 0.4) is 0 Å². The summed E-state index contributed by atoms with van der Waals surface area (Å²) in [6.07, 6.45) is -8.83. The van der Waals surface area contributed by atoms with Crippen molar-refractivity contribution in [1.82, 2.24) is 4.98 Å². The van der Waals surface area contributed by atoms with Crippen molar-refractivity contribution in [3.8, 4) is 0 Å². The Bertz CT molecular complexity index is 1170. The number of hydrogen-bond donors (Lipinski definition) is 0. The first kappa shape index (κ1) is 25.2. The Morgan fingerprint density at radius 1 is 0.914 bits per heavy atom. The van der Waals surface area contributed by atoms with Crippen LogP contribution < -0.4 is 0 Å². The van der Waals surface area contributed by atoms with Crippen molar-refractivity contribution in [1.29, 1.82) is 0 Å². The molecule has 2 aromatic carbocycles. The van der Waals surface area contributed by atoms with E-state index in [4.69, 9.17) is 4.74 Å². The molecule has 0 aliphatic heterocycles. The quantitative estimate of drug-likeness (QED) is 0.343. The van der Waals surface area contributed by atoms with Crippen molar-refractivity contribution in [2.24, 2.45) is 0 Å². The minimum atomic E-state index is -4.95. The monoisotopic (exact) mass is 497 g/mol. The summed E-state index contributed by atoms with van der Waals surface area (Å²) in [6, 6.07) is 9.22. The van der Waals surface area contributed by atoms with E-state index in [1.165, 1.54) is 19.1 Å². The molecule has 0 saturated heterocycles. The second-order valence-corrected chi connectivity index (χ2v) is 8.77. The number of hydrogen-bond acceptors (Lipinski definition) is 2. The van der Waals surface area contributed by atoms with Crippen molar-refractivity contribution in [3.05, 3.63) is 99.6 Å². The molecule has 1 heterocycles. The van der Waals surface area contributed by atoms with E-state index in [1.54, 1.807) is 18.3 Å². The highest BCUT2D eigenvalue weighted by Gasteiger charge is 2.38. The summed E-state index contributed by atoms with van der Waals surface area (Å²) < 4.78 is 99.7. The van der Waals surface area contributed by atoms with Crippen LogP contribution in [0.2, 0.25) is 0 Å². The predicted molar refractivity (Wildman–Crippen MR) is 115 cm³/mol. The third-order valence-corrected chi connectivity index (χ3v) is 6.20. The van der Waals surface area contributed by atoms with Gasteiger partial charge in [-0.3, -0.25) is 4.98 Å². The first-order valence-corrected chi connectivity index (χ1v) is 11.0. The molecule has 0 amide bonds. The predicted octanol–water partition coefficient (Wildman–Crippen LogP) is 7.79. The second-order valence-electron chi connectivity index (χ2n) is 8.77. The maximum atomic E-state index is 13.6. The molecule has 3 atom stereocenters. The normalized spacial score (nSPS) is 19.3. The fraction of sp³-hybridized carbons (Fsp3) is 0.346. The first-order chi connectivity index (χ1) is 16.3. The smallest absolute Gasteiger partial charge is 0.370 e. The van der Waals surface area contributed by atoms with E-state index in [-0.39, 0.29) is 11.6 Å². The molecule has 0 saturated carbocycles. The second kappa shape index (κ2) is 9.26. The van der Waals surface area contributed by atoms with Gasteiger partial charge in [-0.25, -0.2) is 4.39 Å². The molecule has 0 N–H and O–H groups in total. The summed E-state index contributed by atoms with van der Waals surface area (Å²) in [5, 5.41) is 0. The zero-order valence-corrected chi connectivity index (χ0v) is 18.8. The number of halogens is 7. The average molecular weight is 497 g/mol. The molecule has 9 heteroatoms. The lowest BCUT2D eigenvalue weighted by Crippen LogP contribution is -2.31. The molecule has 0 bridgehead atoms. The topological polar surface area (TPSA) is 22.1 Å². The molecule has 0 radical (unpaired) electrons. The zero-order valence-electron chi connectivity index (χ0n) is 18.8. The Hall–Kier alpha value is -2.94. The van der Waals surface area contributed by atoms with Crippen LogP contribution in [0.5, 0.6) is 0 Å². The lowest BCUT2D eigenvalue weighted by molar-refractivity contribution is -0.143. The number of alkyl halides is 6. The lowest BCUT2D eigenvalue weighted by atomic mass is 9.78. The summed E-state index contributed by atoms with van der Waals surface area (Å²) in [5.41, 5.74) is 0.284. The molecular formula is C26H22F7NO. The molecule has 3 aromatic rings. The molecule has 0 unspecified atom stereocenters.